The molecule has 0 radical (unpaired) electrons. The van der Waals surface area contributed by atoms with E-state index in [1.807, 2.05) is 22.7 Å². The fourth-order valence-electron chi connectivity index (χ4n) is 2.92. The minimum Gasteiger partial charge on any atom is -0.308 e. The van der Waals surface area contributed by atoms with E-state index in [1.54, 1.807) is 0 Å². The molecule has 2 heterocycles. The molecular formula is C15H20N2OS. The number of carbonyl (C=O) groups is 1. The van der Waals surface area contributed by atoms with Crippen LogP contribution in [0.4, 0.5) is 5.69 Å². The summed E-state index contributed by atoms with van der Waals surface area (Å²) < 4.78 is 0. The summed E-state index contributed by atoms with van der Waals surface area (Å²) in [5, 5.41) is 3.36. The van der Waals surface area contributed by atoms with E-state index < -0.39 is 0 Å². The zero-order chi connectivity index (χ0) is 13.2. The van der Waals surface area contributed by atoms with Crippen LogP contribution in [-0.4, -0.2) is 36.0 Å². The molecule has 0 saturated carbocycles. The third-order valence-corrected chi connectivity index (χ3v) is 5.04. The van der Waals surface area contributed by atoms with Gasteiger partial charge in [-0.1, -0.05) is 18.2 Å². The molecular weight excluding hydrogens is 256 g/mol. The highest BCUT2D eigenvalue weighted by Gasteiger charge is 2.33. The van der Waals surface area contributed by atoms with E-state index in [0.717, 1.165) is 36.6 Å². The van der Waals surface area contributed by atoms with Gasteiger partial charge in [0.05, 0.1) is 6.04 Å². The van der Waals surface area contributed by atoms with Gasteiger partial charge in [0.2, 0.25) is 5.91 Å². The van der Waals surface area contributed by atoms with Gasteiger partial charge < -0.3 is 10.2 Å². The Bertz CT molecular complexity index is 471. The summed E-state index contributed by atoms with van der Waals surface area (Å²) in [6.45, 7) is 3.09. The van der Waals surface area contributed by atoms with E-state index in [-0.39, 0.29) is 11.9 Å². The van der Waals surface area contributed by atoms with Crippen molar-refractivity contribution in [2.24, 2.45) is 0 Å². The lowest BCUT2D eigenvalue weighted by Gasteiger charge is -2.38. The molecule has 3 rings (SSSR count). The van der Waals surface area contributed by atoms with Gasteiger partial charge in [0.1, 0.15) is 0 Å². The average Bonchev–Trinajstić information content (AvgIpc) is 2.47. The molecule has 2 aliphatic heterocycles. The molecule has 1 amide bonds. The van der Waals surface area contributed by atoms with Gasteiger partial charge in [-0.2, -0.15) is 11.8 Å². The first-order chi connectivity index (χ1) is 9.27. The second-order valence-corrected chi connectivity index (χ2v) is 6.46. The van der Waals surface area contributed by atoms with E-state index >= 15 is 0 Å². The molecule has 0 aromatic heterocycles. The van der Waals surface area contributed by atoms with Crippen LogP contribution in [-0.2, 0) is 11.2 Å². The molecule has 0 spiro atoms. The number of anilines is 1. The number of hydrogen-bond donors (Lipinski definition) is 1. The first-order valence-electron chi connectivity index (χ1n) is 6.99. The molecule has 3 nitrogen and oxygen atoms in total. The van der Waals surface area contributed by atoms with E-state index in [9.17, 15) is 4.79 Å². The molecule has 2 aliphatic rings. The Hall–Kier alpha value is -1.000. The summed E-state index contributed by atoms with van der Waals surface area (Å²) in [6.07, 6.45) is 2.14. The van der Waals surface area contributed by atoms with Crippen LogP contribution in [0, 0.1) is 0 Å². The van der Waals surface area contributed by atoms with Crippen molar-refractivity contribution in [3.63, 3.8) is 0 Å². The number of nitrogens with one attached hydrogen (secondary N) is 1. The van der Waals surface area contributed by atoms with Crippen LogP contribution in [0.1, 0.15) is 18.9 Å². The molecule has 1 aromatic rings. The fraction of sp³-hybridized carbons (Fsp3) is 0.533. The molecule has 4 heteroatoms. The monoisotopic (exact) mass is 276 g/mol. The molecule has 1 N–H and O–H groups in total. The highest BCUT2D eigenvalue weighted by molar-refractivity contribution is 7.99. The quantitative estimate of drug-likeness (QED) is 0.852. The minimum atomic E-state index is -0.0210. The maximum Gasteiger partial charge on any atom is 0.245 e. The van der Waals surface area contributed by atoms with E-state index in [4.69, 9.17) is 0 Å². The molecule has 1 aromatic carbocycles. The average molecular weight is 276 g/mol. The smallest absolute Gasteiger partial charge is 0.245 e. The Balaban J connectivity index is 1.88. The number of carbonyl (C=O) groups excluding carboxylic acids is 1. The van der Waals surface area contributed by atoms with Crippen molar-refractivity contribution in [3.8, 4) is 0 Å². The third kappa shape index (κ3) is 2.51. The van der Waals surface area contributed by atoms with E-state index in [2.05, 4.69) is 30.4 Å². The number of fused-ring (bicyclic) bond motifs is 1. The van der Waals surface area contributed by atoms with Crippen LogP contribution in [0.25, 0.3) is 0 Å². The Morgan fingerprint density at radius 3 is 3.05 bits per heavy atom. The van der Waals surface area contributed by atoms with Crippen LogP contribution in [0.3, 0.4) is 0 Å². The van der Waals surface area contributed by atoms with E-state index in [0.29, 0.717) is 6.04 Å². The summed E-state index contributed by atoms with van der Waals surface area (Å²) in [5.41, 5.74) is 2.42. The van der Waals surface area contributed by atoms with Gasteiger partial charge in [0.25, 0.3) is 0 Å². The number of aryl methyl sites for hydroxylation is 1. The van der Waals surface area contributed by atoms with Crippen molar-refractivity contribution in [1.29, 1.82) is 0 Å². The van der Waals surface area contributed by atoms with Crippen LogP contribution in [0.2, 0.25) is 0 Å². The fourth-order valence-corrected chi connectivity index (χ4v) is 3.84. The molecule has 2 atom stereocenters. The summed E-state index contributed by atoms with van der Waals surface area (Å²) in [6, 6.07) is 8.60. The molecule has 0 bridgehead atoms. The standard InChI is InChI=1S/C15H20N2OS/c1-11-6-7-12-4-2-3-5-14(12)17(11)15(18)13-10-19-9-8-16-13/h2-5,11,13,16H,6-10H2,1H3. The Morgan fingerprint density at radius 2 is 2.26 bits per heavy atom. The summed E-state index contributed by atoms with van der Waals surface area (Å²) >= 11 is 1.87. The zero-order valence-corrected chi connectivity index (χ0v) is 12.1. The lowest BCUT2D eigenvalue weighted by molar-refractivity contribution is -0.120. The molecule has 1 saturated heterocycles. The highest BCUT2D eigenvalue weighted by Crippen LogP contribution is 2.31. The van der Waals surface area contributed by atoms with Crippen molar-refractivity contribution >= 4 is 23.4 Å². The van der Waals surface area contributed by atoms with Gasteiger partial charge in [-0.05, 0) is 31.4 Å². The van der Waals surface area contributed by atoms with Crippen molar-refractivity contribution in [3.05, 3.63) is 29.8 Å². The summed E-state index contributed by atoms with van der Waals surface area (Å²) in [7, 11) is 0. The van der Waals surface area contributed by atoms with Crippen molar-refractivity contribution in [1.82, 2.24) is 5.32 Å². The van der Waals surface area contributed by atoms with Gasteiger partial charge in [-0.3, -0.25) is 4.79 Å². The van der Waals surface area contributed by atoms with Crippen LogP contribution < -0.4 is 10.2 Å². The maximum atomic E-state index is 12.8. The summed E-state index contributed by atoms with van der Waals surface area (Å²) in [5.74, 6) is 2.24. The predicted octanol–water partition coefficient (Wildman–Crippen LogP) is 2.06. The number of para-hydroxylation sites is 1. The Morgan fingerprint density at radius 1 is 1.42 bits per heavy atom. The van der Waals surface area contributed by atoms with Gasteiger partial charge in [-0.15, -0.1) is 0 Å². The molecule has 1 fully saturated rings. The SMILES string of the molecule is CC1CCc2ccccc2N1C(=O)C1CSCCN1. The molecule has 0 aliphatic carbocycles. The normalized spacial score (nSPS) is 26.9. The van der Waals surface area contributed by atoms with Gasteiger partial charge in [0.15, 0.2) is 0 Å². The lowest BCUT2D eigenvalue weighted by atomic mass is 9.96. The third-order valence-electron chi connectivity index (χ3n) is 3.98. The first kappa shape index (κ1) is 13.0. The second kappa shape index (κ2) is 5.55. The summed E-state index contributed by atoms with van der Waals surface area (Å²) in [4.78, 5) is 14.8. The zero-order valence-electron chi connectivity index (χ0n) is 11.3. The lowest BCUT2D eigenvalue weighted by Crippen LogP contribution is -2.54. The van der Waals surface area contributed by atoms with Crippen molar-refractivity contribution in [2.75, 3.05) is 23.0 Å². The van der Waals surface area contributed by atoms with Crippen LogP contribution >= 0.6 is 11.8 Å². The van der Waals surface area contributed by atoms with Crippen LogP contribution in [0.15, 0.2) is 24.3 Å². The topological polar surface area (TPSA) is 32.3 Å². The largest absolute Gasteiger partial charge is 0.308 e. The molecule has 102 valence electrons. The van der Waals surface area contributed by atoms with Gasteiger partial charge in [-0.25, -0.2) is 0 Å². The Kier molecular flexibility index (Phi) is 3.80. The Labute approximate surface area is 118 Å². The highest BCUT2D eigenvalue weighted by atomic mass is 32.2. The maximum absolute atomic E-state index is 12.8. The minimum absolute atomic E-state index is 0.0210. The number of nitrogens with zero attached hydrogens (tertiary/aromatic N) is 1. The van der Waals surface area contributed by atoms with Crippen molar-refractivity contribution < 1.29 is 4.79 Å². The number of hydrogen-bond acceptors (Lipinski definition) is 3. The van der Waals surface area contributed by atoms with Crippen molar-refractivity contribution in [2.45, 2.75) is 31.8 Å². The molecule has 19 heavy (non-hydrogen) atoms. The number of benzene rings is 1. The second-order valence-electron chi connectivity index (χ2n) is 5.31. The van der Waals surface area contributed by atoms with E-state index in [1.165, 1.54) is 5.56 Å². The van der Waals surface area contributed by atoms with Gasteiger partial charge in [0, 0.05) is 29.8 Å². The first-order valence-corrected chi connectivity index (χ1v) is 8.15. The molecule has 2 unspecified atom stereocenters. The number of thioether (sulfide) groups is 1. The van der Waals surface area contributed by atoms with Crippen LogP contribution in [0.5, 0.6) is 0 Å². The van der Waals surface area contributed by atoms with Gasteiger partial charge >= 0.3 is 0 Å². The number of rotatable bonds is 1. The predicted molar refractivity (Wildman–Crippen MR) is 80.8 cm³/mol. The number of amides is 1.